The highest BCUT2D eigenvalue weighted by Crippen LogP contribution is 2.46. The Labute approximate surface area is 155 Å². The molecule has 5 N–H and O–H groups in total. The molecule has 1 atom stereocenters. The van der Waals surface area contributed by atoms with Crippen molar-refractivity contribution in [1.29, 1.82) is 0 Å². The van der Waals surface area contributed by atoms with Gasteiger partial charge in [0.1, 0.15) is 28.2 Å². The summed E-state index contributed by atoms with van der Waals surface area (Å²) in [4.78, 5) is 26.7. The third-order valence-corrected chi connectivity index (χ3v) is 6.19. The third kappa shape index (κ3) is 1.99. The summed E-state index contributed by atoms with van der Waals surface area (Å²) in [7, 11) is 0. The Morgan fingerprint density at radius 1 is 1.44 bits per heavy atom. The van der Waals surface area contributed by atoms with Crippen LogP contribution >= 0.6 is 11.3 Å². The first-order valence-corrected chi connectivity index (χ1v) is 9.24. The lowest BCUT2D eigenvalue weighted by atomic mass is 10.1. The molecule has 0 spiro atoms. The van der Waals surface area contributed by atoms with Gasteiger partial charge in [0, 0.05) is 24.5 Å². The highest BCUT2D eigenvalue weighted by atomic mass is 32.1. The van der Waals surface area contributed by atoms with Crippen LogP contribution in [-0.4, -0.2) is 34.6 Å². The van der Waals surface area contributed by atoms with Crippen molar-refractivity contribution in [1.82, 2.24) is 4.40 Å². The van der Waals surface area contributed by atoms with Gasteiger partial charge in [-0.1, -0.05) is 0 Å². The summed E-state index contributed by atoms with van der Waals surface area (Å²) in [6.45, 7) is 1.13. The smallest absolute Gasteiger partial charge is 0.342 e. The standard InChI is InChI=1S/C17H15FN4O4S/c18-10-11(20)8-12-15(13(10)21-2-1-6(19)3-21)26-4-7-5-27-16(22(7)12)9(14(8)23)17(24)25/h5-6H,1-4,19-20H2,(H,24,25). The molecule has 0 bridgehead atoms. The first-order valence-electron chi connectivity index (χ1n) is 8.36. The molecule has 10 heteroatoms. The predicted octanol–water partition coefficient (Wildman–Crippen LogP) is 1.36. The molecule has 2 aromatic heterocycles. The molecule has 1 fully saturated rings. The molecule has 0 radical (unpaired) electrons. The van der Waals surface area contributed by atoms with Gasteiger partial charge in [-0.2, -0.15) is 0 Å². The Morgan fingerprint density at radius 2 is 2.22 bits per heavy atom. The van der Waals surface area contributed by atoms with Crippen LogP contribution < -0.4 is 26.5 Å². The summed E-state index contributed by atoms with van der Waals surface area (Å²) in [5.41, 5.74) is 11.6. The van der Waals surface area contributed by atoms with Crippen molar-refractivity contribution >= 4 is 44.4 Å². The van der Waals surface area contributed by atoms with Crippen LogP contribution in [-0.2, 0) is 6.61 Å². The topological polar surface area (TPSA) is 123 Å². The van der Waals surface area contributed by atoms with E-state index in [9.17, 15) is 14.7 Å². The number of carbonyl (C=O) groups is 1. The number of halogens is 1. The minimum absolute atomic E-state index is 0.0917. The first kappa shape index (κ1) is 16.3. The largest absolute Gasteiger partial charge is 0.483 e. The van der Waals surface area contributed by atoms with E-state index in [2.05, 4.69) is 0 Å². The predicted molar refractivity (Wildman–Crippen MR) is 99.5 cm³/mol. The number of nitrogens with zero attached hydrogens (tertiary/aromatic N) is 2. The molecule has 2 aliphatic heterocycles. The number of nitrogens with two attached hydrogens (primary N) is 2. The van der Waals surface area contributed by atoms with Gasteiger partial charge in [0.25, 0.3) is 0 Å². The van der Waals surface area contributed by atoms with Gasteiger partial charge in [0.05, 0.1) is 16.8 Å². The normalized spacial score (nSPS) is 18.6. The number of benzene rings is 1. The third-order valence-electron chi connectivity index (χ3n) is 5.19. The zero-order valence-electron chi connectivity index (χ0n) is 14.0. The average molecular weight is 390 g/mol. The number of ether oxygens (including phenoxy) is 1. The maximum Gasteiger partial charge on any atom is 0.342 e. The van der Waals surface area contributed by atoms with Crippen LogP contribution in [0.15, 0.2) is 10.2 Å². The van der Waals surface area contributed by atoms with Crippen molar-refractivity contribution in [3.05, 3.63) is 32.7 Å². The summed E-state index contributed by atoms with van der Waals surface area (Å²) < 4.78 is 22.7. The summed E-state index contributed by atoms with van der Waals surface area (Å²) in [6.07, 6.45) is 0.702. The van der Waals surface area contributed by atoms with E-state index in [1.807, 2.05) is 0 Å². The monoisotopic (exact) mass is 390 g/mol. The van der Waals surface area contributed by atoms with Gasteiger partial charge in [-0.3, -0.25) is 9.20 Å². The van der Waals surface area contributed by atoms with Crippen LogP contribution in [0.25, 0.3) is 15.7 Å². The van der Waals surface area contributed by atoms with Crippen molar-refractivity contribution < 1.29 is 19.0 Å². The Kier molecular flexibility index (Phi) is 3.23. The van der Waals surface area contributed by atoms with Crippen LogP contribution in [0.4, 0.5) is 15.8 Å². The number of anilines is 2. The number of aromatic nitrogens is 1. The van der Waals surface area contributed by atoms with E-state index < -0.39 is 22.8 Å². The van der Waals surface area contributed by atoms with E-state index in [0.717, 1.165) is 11.3 Å². The van der Waals surface area contributed by atoms with Gasteiger partial charge in [0.15, 0.2) is 11.6 Å². The first-order chi connectivity index (χ1) is 12.9. The van der Waals surface area contributed by atoms with E-state index in [-0.39, 0.29) is 40.0 Å². The maximum absolute atomic E-state index is 15.2. The number of nitrogen functional groups attached to an aromatic ring is 1. The molecule has 1 saturated heterocycles. The van der Waals surface area contributed by atoms with Gasteiger partial charge >= 0.3 is 5.97 Å². The molecular formula is C17H15FN4O4S. The number of aromatic carboxylic acids is 1. The fraction of sp³-hybridized carbons (Fsp3) is 0.294. The molecule has 27 heavy (non-hydrogen) atoms. The van der Waals surface area contributed by atoms with Crippen molar-refractivity contribution in [2.24, 2.45) is 5.73 Å². The SMILES string of the molecule is Nc1c(F)c(N2CCC(N)C2)c2c3c1c(=O)c(C(=O)O)c1scc(n13)CO2. The second-order valence-corrected chi connectivity index (χ2v) is 7.65. The molecule has 0 amide bonds. The molecule has 8 nitrogen and oxygen atoms in total. The number of hydrogen-bond donors (Lipinski definition) is 3. The Bertz CT molecular complexity index is 1220. The lowest BCUT2D eigenvalue weighted by Crippen LogP contribution is -2.29. The summed E-state index contributed by atoms with van der Waals surface area (Å²) >= 11 is 1.14. The van der Waals surface area contributed by atoms with E-state index >= 15 is 4.39 Å². The number of carboxylic acid groups (broad SMARTS) is 1. The van der Waals surface area contributed by atoms with Gasteiger partial charge in [0.2, 0.25) is 5.43 Å². The van der Waals surface area contributed by atoms with E-state index in [0.29, 0.717) is 30.7 Å². The zero-order chi connectivity index (χ0) is 19.0. The van der Waals surface area contributed by atoms with Crippen molar-refractivity contribution in [2.75, 3.05) is 23.7 Å². The zero-order valence-corrected chi connectivity index (χ0v) is 14.8. The van der Waals surface area contributed by atoms with Crippen LogP contribution in [0, 0.1) is 5.82 Å². The molecule has 3 aromatic rings. The van der Waals surface area contributed by atoms with Gasteiger partial charge < -0.3 is 26.2 Å². The molecule has 1 unspecified atom stereocenters. The van der Waals surface area contributed by atoms with Crippen LogP contribution in [0.3, 0.4) is 0 Å². The van der Waals surface area contributed by atoms with Gasteiger partial charge in [-0.25, -0.2) is 9.18 Å². The summed E-state index contributed by atoms with van der Waals surface area (Å²) in [6, 6.07) is -0.0917. The minimum atomic E-state index is -1.37. The lowest BCUT2D eigenvalue weighted by molar-refractivity contribution is 0.0697. The van der Waals surface area contributed by atoms with Crippen LogP contribution in [0.5, 0.6) is 5.75 Å². The van der Waals surface area contributed by atoms with E-state index in [1.54, 1.807) is 14.7 Å². The molecule has 5 rings (SSSR count). The average Bonchev–Trinajstić information content (AvgIpc) is 3.23. The summed E-state index contributed by atoms with van der Waals surface area (Å²) in [5.74, 6) is -1.94. The van der Waals surface area contributed by atoms with Crippen molar-refractivity contribution in [3.63, 3.8) is 0 Å². The van der Waals surface area contributed by atoms with Gasteiger partial charge in [-0.05, 0) is 6.42 Å². The number of rotatable bonds is 2. The summed E-state index contributed by atoms with van der Waals surface area (Å²) in [5, 5.41) is 11.1. The molecule has 0 saturated carbocycles. The molecular weight excluding hydrogens is 375 g/mol. The van der Waals surface area contributed by atoms with E-state index in [1.165, 1.54) is 0 Å². The second kappa shape index (κ2) is 5.33. The number of hydrogen-bond acceptors (Lipinski definition) is 7. The number of carboxylic acids is 1. The molecule has 4 heterocycles. The van der Waals surface area contributed by atoms with Crippen LogP contribution in [0.1, 0.15) is 22.5 Å². The molecule has 140 valence electrons. The molecule has 2 aliphatic rings. The maximum atomic E-state index is 15.2. The van der Waals surface area contributed by atoms with Crippen molar-refractivity contribution in [2.45, 2.75) is 19.1 Å². The highest BCUT2D eigenvalue weighted by molar-refractivity contribution is 7.16. The quantitative estimate of drug-likeness (QED) is 0.565. The Hall–Kier alpha value is -2.85. The van der Waals surface area contributed by atoms with Crippen LogP contribution in [0.2, 0.25) is 0 Å². The lowest BCUT2D eigenvalue weighted by Gasteiger charge is -2.27. The fourth-order valence-corrected chi connectivity index (χ4v) is 5.01. The van der Waals surface area contributed by atoms with Crippen molar-refractivity contribution in [3.8, 4) is 5.75 Å². The highest BCUT2D eigenvalue weighted by Gasteiger charge is 2.34. The number of pyridine rings is 1. The minimum Gasteiger partial charge on any atom is -0.483 e. The molecule has 0 aliphatic carbocycles. The Balaban J connectivity index is 2.00. The fourth-order valence-electron chi connectivity index (χ4n) is 3.97. The van der Waals surface area contributed by atoms with Gasteiger partial charge in [-0.15, -0.1) is 11.3 Å². The number of thiazole rings is 1. The second-order valence-electron chi connectivity index (χ2n) is 6.79. The Morgan fingerprint density at radius 3 is 2.89 bits per heavy atom. The van der Waals surface area contributed by atoms with E-state index in [4.69, 9.17) is 16.2 Å². The molecule has 1 aromatic carbocycles.